The number of H-pyrrole nitrogens is 1. The Morgan fingerprint density at radius 1 is 1.18 bits per heavy atom. The van der Waals surface area contributed by atoms with Crippen LogP contribution in [0.15, 0.2) is 48.7 Å². The Balaban J connectivity index is 1.58. The maximum Gasteiger partial charge on any atom is 0.257 e. The lowest BCUT2D eigenvalue weighted by Gasteiger charge is -2.30. The Labute approximate surface area is 189 Å². The van der Waals surface area contributed by atoms with Crippen LogP contribution in [0.3, 0.4) is 0 Å². The molecule has 4 rings (SSSR count). The summed E-state index contributed by atoms with van der Waals surface area (Å²) in [6, 6.07) is 9.99. The third-order valence-corrected chi connectivity index (χ3v) is 5.04. The van der Waals surface area contributed by atoms with Gasteiger partial charge in [-0.3, -0.25) is 14.7 Å². The van der Waals surface area contributed by atoms with E-state index in [9.17, 15) is 19.1 Å². The summed E-state index contributed by atoms with van der Waals surface area (Å²) in [7, 11) is 0. The van der Waals surface area contributed by atoms with E-state index in [2.05, 4.69) is 15.5 Å². The molecule has 10 heteroatoms. The second-order valence-corrected chi connectivity index (χ2v) is 7.62. The standard InChI is InChI=1S/C23H23FN4O5/c1-14(13-29)32-17-9-16(22(30)26-21-5-6-25-27-21)10-18(12-17)33-20-4-3-15(11-19(20)24)23(31)28-7-2-8-28/h3-6,9-12,14,29H,2,7-8,13H2,1H3,(H2,25,26,27,30). The van der Waals surface area contributed by atoms with Crippen molar-refractivity contribution in [1.29, 1.82) is 0 Å². The number of ether oxygens (including phenoxy) is 2. The Kier molecular flexibility index (Phi) is 6.55. The fourth-order valence-corrected chi connectivity index (χ4v) is 3.16. The van der Waals surface area contributed by atoms with Crippen molar-refractivity contribution in [3.8, 4) is 17.2 Å². The Morgan fingerprint density at radius 2 is 1.97 bits per heavy atom. The van der Waals surface area contributed by atoms with Crippen molar-refractivity contribution in [3.05, 3.63) is 65.6 Å². The first-order valence-corrected chi connectivity index (χ1v) is 10.4. The number of nitrogens with zero attached hydrogens (tertiary/aromatic N) is 2. The van der Waals surface area contributed by atoms with Gasteiger partial charge in [0.15, 0.2) is 11.6 Å². The first-order chi connectivity index (χ1) is 15.9. The van der Waals surface area contributed by atoms with Gasteiger partial charge in [-0.25, -0.2) is 4.39 Å². The molecule has 0 radical (unpaired) electrons. The number of likely N-dealkylation sites (tertiary alicyclic amines) is 1. The smallest absolute Gasteiger partial charge is 0.257 e. The Bertz CT molecular complexity index is 1150. The molecular weight excluding hydrogens is 431 g/mol. The largest absolute Gasteiger partial charge is 0.488 e. The van der Waals surface area contributed by atoms with Crippen molar-refractivity contribution in [2.75, 3.05) is 25.0 Å². The number of aliphatic hydroxyl groups is 1. The molecule has 0 saturated carbocycles. The molecule has 3 aromatic rings. The molecule has 1 aliphatic rings. The summed E-state index contributed by atoms with van der Waals surface area (Å²) in [4.78, 5) is 26.6. The minimum Gasteiger partial charge on any atom is -0.488 e. The van der Waals surface area contributed by atoms with Crippen LogP contribution in [0.4, 0.5) is 10.2 Å². The van der Waals surface area contributed by atoms with E-state index in [4.69, 9.17) is 9.47 Å². The number of halogens is 1. The predicted octanol–water partition coefficient (Wildman–Crippen LogP) is 3.20. The first kappa shape index (κ1) is 22.3. The van der Waals surface area contributed by atoms with Gasteiger partial charge in [0.25, 0.3) is 11.8 Å². The summed E-state index contributed by atoms with van der Waals surface area (Å²) in [5.41, 5.74) is 0.431. The van der Waals surface area contributed by atoms with Gasteiger partial charge in [0.2, 0.25) is 0 Å². The summed E-state index contributed by atoms with van der Waals surface area (Å²) < 4.78 is 26.0. The number of aliphatic hydroxyl groups excluding tert-OH is 1. The number of carbonyl (C=O) groups is 2. The molecule has 1 fully saturated rings. The number of benzene rings is 2. The van der Waals surface area contributed by atoms with E-state index >= 15 is 0 Å². The Hall–Kier alpha value is -3.92. The number of amides is 2. The van der Waals surface area contributed by atoms with Crippen molar-refractivity contribution in [2.24, 2.45) is 0 Å². The molecule has 1 unspecified atom stereocenters. The third kappa shape index (κ3) is 5.29. The lowest BCUT2D eigenvalue weighted by Crippen LogP contribution is -2.42. The highest BCUT2D eigenvalue weighted by atomic mass is 19.1. The van der Waals surface area contributed by atoms with Crippen LogP contribution in [0, 0.1) is 5.82 Å². The molecule has 0 spiro atoms. The fraction of sp³-hybridized carbons (Fsp3) is 0.261. The number of aromatic nitrogens is 2. The van der Waals surface area contributed by atoms with Gasteiger partial charge in [-0.15, -0.1) is 0 Å². The van der Waals surface area contributed by atoms with Crippen molar-refractivity contribution in [3.63, 3.8) is 0 Å². The van der Waals surface area contributed by atoms with E-state index in [0.717, 1.165) is 12.5 Å². The average Bonchev–Trinajstić information content (AvgIpc) is 3.26. The number of rotatable bonds is 8. The van der Waals surface area contributed by atoms with Crippen LogP contribution in [0.1, 0.15) is 34.1 Å². The lowest BCUT2D eigenvalue weighted by atomic mass is 10.1. The van der Waals surface area contributed by atoms with Crippen LogP contribution < -0.4 is 14.8 Å². The topological polar surface area (TPSA) is 117 Å². The van der Waals surface area contributed by atoms with Gasteiger partial charge >= 0.3 is 0 Å². The van der Waals surface area contributed by atoms with Gasteiger partial charge in [0.1, 0.15) is 23.4 Å². The number of aromatic amines is 1. The summed E-state index contributed by atoms with van der Waals surface area (Å²) in [5, 5.41) is 18.3. The molecule has 172 valence electrons. The first-order valence-electron chi connectivity index (χ1n) is 10.4. The number of hydrogen-bond donors (Lipinski definition) is 3. The van der Waals surface area contributed by atoms with Gasteiger partial charge in [-0.05, 0) is 43.7 Å². The second kappa shape index (κ2) is 9.70. The molecule has 1 aromatic heterocycles. The SMILES string of the molecule is CC(CO)Oc1cc(Oc2ccc(C(=O)N3CCC3)cc2F)cc(C(=O)Nc2ccn[nH]2)c1. The van der Waals surface area contributed by atoms with Crippen LogP contribution in [0.5, 0.6) is 17.2 Å². The highest BCUT2D eigenvalue weighted by Gasteiger charge is 2.23. The van der Waals surface area contributed by atoms with Gasteiger partial charge in [0.05, 0.1) is 12.8 Å². The normalized spacial score (nSPS) is 13.7. The summed E-state index contributed by atoms with van der Waals surface area (Å²) in [5.74, 6) is -0.713. The van der Waals surface area contributed by atoms with Crippen molar-refractivity contribution in [1.82, 2.24) is 15.1 Å². The number of nitrogens with one attached hydrogen (secondary N) is 2. The Morgan fingerprint density at radius 3 is 2.61 bits per heavy atom. The molecule has 1 atom stereocenters. The van der Waals surface area contributed by atoms with E-state index in [1.54, 1.807) is 17.9 Å². The van der Waals surface area contributed by atoms with Gasteiger partial charge in [-0.1, -0.05) is 0 Å². The van der Waals surface area contributed by atoms with Crippen LogP contribution in [0.25, 0.3) is 0 Å². The highest BCUT2D eigenvalue weighted by Crippen LogP contribution is 2.31. The molecule has 2 heterocycles. The van der Waals surface area contributed by atoms with Gasteiger partial charge in [-0.2, -0.15) is 5.10 Å². The van der Waals surface area contributed by atoms with Gasteiger partial charge < -0.3 is 24.8 Å². The molecule has 33 heavy (non-hydrogen) atoms. The van der Waals surface area contributed by atoms with Crippen LogP contribution in [0.2, 0.25) is 0 Å². The summed E-state index contributed by atoms with van der Waals surface area (Å²) >= 11 is 0. The number of anilines is 1. The zero-order chi connectivity index (χ0) is 23.4. The molecule has 1 saturated heterocycles. The zero-order valence-corrected chi connectivity index (χ0v) is 17.9. The maximum atomic E-state index is 14.7. The van der Waals surface area contributed by atoms with E-state index in [0.29, 0.717) is 18.9 Å². The predicted molar refractivity (Wildman–Crippen MR) is 117 cm³/mol. The van der Waals surface area contributed by atoms with E-state index in [1.165, 1.54) is 36.5 Å². The van der Waals surface area contributed by atoms with E-state index < -0.39 is 17.8 Å². The van der Waals surface area contributed by atoms with Crippen LogP contribution >= 0.6 is 0 Å². The van der Waals surface area contributed by atoms with E-state index in [-0.39, 0.29) is 40.9 Å². The highest BCUT2D eigenvalue weighted by molar-refractivity contribution is 6.04. The van der Waals surface area contributed by atoms with Crippen molar-refractivity contribution >= 4 is 17.6 Å². The summed E-state index contributed by atoms with van der Waals surface area (Å²) in [6.07, 6.45) is 1.90. The molecule has 1 aliphatic heterocycles. The molecule has 2 amide bonds. The van der Waals surface area contributed by atoms with Crippen molar-refractivity contribution < 1.29 is 28.6 Å². The maximum absolute atomic E-state index is 14.7. The second-order valence-electron chi connectivity index (χ2n) is 7.62. The third-order valence-electron chi connectivity index (χ3n) is 5.04. The van der Waals surface area contributed by atoms with Gasteiger partial charge in [0, 0.05) is 36.3 Å². The molecule has 9 nitrogen and oxygen atoms in total. The van der Waals surface area contributed by atoms with Crippen molar-refractivity contribution in [2.45, 2.75) is 19.4 Å². The lowest BCUT2D eigenvalue weighted by molar-refractivity contribution is 0.0651. The molecular formula is C23H23FN4O5. The number of carbonyl (C=O) groups excluding carboxylic acids is 2. The van der Waals surface area contributed by atoms with E-state index in [1.807, 2.05) is 0 Å². The van der Waals surface area contributed by atoms with Crippen LogP contribution in [-0.4, -0.2) is 57.8 Å². The quantitative estimate of drug-likeness (QED) is 0.481. The molecule has 2 aromatic carbocycles. The van der Waals surface area contributed by atoms with Crippen LogP contribution in [-0.2, 0) is 0 Å². The molecule has 0 aliphatic carbocycles. The fourth-order valence-electron chi connectivity index (χ4n) is 3.16. The molecule has 0 bridgehead atoms. The monoisotopic (exact) mass is 454 g/mol. The minimum absolute atomic E-state index is 0.109. The minimum atomic E-state index is -0.708. The summed E-state index contributed by atoms with van der Waals surface area (Å²) in [6.45, 7) is 2.76. The number of hydrogen-bond acceptors (Lipinski definition) is 6. The molecule has 3 N–H and O–H groups in total. The average molecular weight is 454 g/mol. The zero-order valence-electron chi connectivity index (χ0n) is 17.9.